The van der Waals surface area contributed by atoms with Crippen LogP contribution in [0, 0.1) is 11.6 Å². The van der Waals surface area contributed by atoms with Crippen molar-refractivity contribution in [3.05, 3.63) is 35.4 Å². The number of hydrogen-bond acceptors (Lipinski definition) is 2. The molecule has 1 aromatic rings. The van der Waals surface area contributed by atoms with Gasteiger partial charge in [0.2, 0.25) is 0 Å². The van der Waals surface area contributed by atoms with Crippen LogP contribution in [0.15, 0.2) is 18.2 Å². The van der Waals surface area contributed by atoms with Crippen LogP contribution in [0.1, 0.15) is 44.1 Å². The monoisotopic (exact) mass is 339 g/mol. The summed E-state index contributed by atoms with van der Waals surface area (Å²) < 4.78 is 26.2. The summed E-state index contributed by atoms with van der Waals surface area (Å²) in [6, 6.07) is 3.86. The Morgan fingerprint density at radius 1 is 1.04 bits per heavy atom. The SMILES string of the molecule is O=C(NCCCNC1CCCCC1)NCCc1ccc(F)cc1F. The standard InChI is InChI=1S/C18H27F2N3O/c19-15-8-7-14(17(20)13-15)9-12-23-18(24)22-11-4-10-21-16-5-2-1-3-6-16/h7-8,13,16,21H,1-6,9-12H2,(H2,22,23,24). The second-order valence-electron chi connectivity index (χ2n) is 6.31. The highest BCUT2D eigenvalue weighted by Crippen LogP contribution is 2.17. The lowest BCUT2D eigenvalue weighted by molar-refractivity contribution is 0.240. The zero-order valence-electron chi connectivity index (χ0n) is 14.0. The van der Waals surface area contributed by atoms with Crippen molar-refractivity contribution in [3.63, 3.8) is 0 Å². The van der Waals surface area contributed by atoms with E-state index in [2.05, 4.69) is 16.0 Å². The summed E-state index contributed by atoms with van der Waals surface area (Å²) in [7, 11) is 0. The summed E-state index contributed by atoms with van der Waals surface area (Å²) in [6.45, 7) is 1.83. The minimum atomic E-state index is -0.594. The van der Waals surface area contributed by atoms with Gasteiger partial charge in [-0.05, 0) is 43.9 Å². The van der Waals surface area contributed by atoms with E-state index in [4.69, 9.17) is 0 Å². The van der Waals surface area contributed by atoms with E-state index >= 15 is 0 Å². The molecular formula is C18H27F2N3O. The molecule has 3 N–H and O–H groups in total. The number of rotatable bonds is 8. The third-order valence-corrected chi connectivity index (χ3v) is 4.37. The third-order valence-electron chi connectivity index (χ3n) is 4.37. The van der Waals surface area contributed by atoms with Crippen LogP contribution in [0.2, 0.25) is 0 Å². The van der Waals surface area contributed by atoms with E-state index in [0.717, 1.165) is 19.0 Å². The molecule has 0 heterocycles. The van der Waals surface area contributed by atoms with Crippen molar-refractivity contribution in [2.75, 3.05) is 19.6 Å². The van der Waals surface area contributed by atoms with Gasteiger partial charge in [-0.25, -0.2) is 13.6 Å². The van der Waals surface area contributed by atoms with E-state index < -0.39 is 11.6 Å². The molecule has 0 spiro atoms. The summed E-state index contributed by atoms with van der Waals surface area (Å²) >= 11 is 0. The van der Waals surface area contributed by atoms with Gasteiger partial charge in [-0.1, -0.05) is 25.3 Å². The number of benzene rings is 1. The topological polar surface area (TPSA) is 53.2 Å². The highest BCUT2D eigenvalue weighted by molar-refractivity contribution is 5.73. The van der Waals surface area contributed by atoms with Crippen LogP contribution in [0.4, 0.5) is 13.6 Å². The number of halogens is 2. The first-order chi connectivity index (χ1) is 11.6. The number of urea groups is 1. The van der Waals surface area contributed by atoms with Crippen LogP contribution in [-0.4, -0.2) is 31.7 Å². The molecule has 0 radical (unpaired) electrons. The molecule has 1 aliphatic carbocycles. The molecule has 2 amide bonds. The molecule has 0 bridgehead atoms. The first kappa shape index (κ1) is 18.6. The molecule has 4 nitrogen and oxygen atoms in total. The molecule has 1 fully saturated rings. The lowest BCUT2D eigenvalue weighted by Gasteiger charge is -2.22. The second-order valence-corrected chi connectivity index (χ2v) is 6.31. The molecule has 1 aromatic carbocycles. The van der Waals surface area contributed by atoms with Gasteiger partial charge in [0.05, 0.1) is 0 Å². The van der Waals surface area contributed by atoms with Crippen molar-refractivity contribution in [3.8, 4) is 0 Å². The molecule has 2 rings (SSSR count). The van der Waals surface area contributed by atoms with Crippen molar-refractivity contribution in [2.24, 2.45) is 0 Å². The lowest BCUT2D eigenvalue weighted by atomic mass is 9.95. The molecule has 134 valence electrons. The fourth-order valence-electron chi connectivity index (χ4n) is 3.00. The van der Waals surface area contributed by atoms with Crippen LogP contribution in [-0.2, 0) is 6.42 Å². The maximum atomic E-state index is 13.4. The van der Waals surface area contributed by atoms with E-state index in [0.29, 0.717) is 31.1 Å². The van der Waals surface area contributed by atoms with Crippen molar-refractivity contribution < 1.29 is 13.6 Å². The quantitative estimate of drug-likeness (QED) is 0.638. The lowest BCUT2D eigenvalue weighted by Crippen LogP contribution is -2.38. The van der Waals surface area contributed by atoms with E-state index in [1.54, 1.807) is 0 Å². The maximum Gasteiger partial charge on any atom is 0.314 e. The highest BCUT2D eigenvalue weighted by atomic mass is 19.1. The molecule has 24 heavy (non-hydrogen) atoms. The molecule has 0 aromatic heterocycles. The zero-order chi connectivity index (χ0) is 17.2. The molecule has 0 aliphatic heterocycles. The van der Waals surface area contributed by atoms with Crippen LogP contribution in [0.5, 0.6) is 0 Å². The van der Waals surface area contributed by atoms with Gasteiger partial charge in [0.15, 0.2) is 0 Å². The number of amides is 2. The van der Waals surface area contributed by atoms with Crippen molar-refractivity contribution >= 4 is 6.03 Å². The fraction of sp³-hybridized carbons (Fsp3) is 0.611. The Morgan fingerprint density at radius 3 is 2.54 bits per heavy atom. The number of carbonyl (C=O) groups is 1. The largest absolute Gasteiger partial charge is 0.338 e. The minimum Gasteiger partial charge on any atom is -0.338 e. The molecule has 0 atom stereocenters. The van der Waals surface area contributed by atoms with Crippen LogP contribution >= 0.6 is 0 Å². The molecule has 0 unspecified atom stereocenters. The molecule has 1 saturated carbocycles. The Labute approximate surface area is 142 Å². The number of carbonyl (C=O) groups excluding carboxylic acids is 1. The summed E-state index contributed by atoms with van der Waals surface area (Å²) in [6.07, 6.45) is 7.71. The Morgan fingerprint density at radius 2 is 1.79 bits per heavy atom. The van der Waals surface area contributed by atoms with Gasteiger partial charge >= 0.3 is 6.03 Å². The van der Waals surface area contributed by atoms with Crippen molar-refractivity contribution in [1.82, 2.24) is 16.0 Å². The fourth-order valence-corrected chi connectivity index (χ4v) is 3.00. The number of hydrogen-bond donors (Lipinski definition) is 3. The first-order valence-electron chi connectivity index (χ1n) is 8.84. The van der Waals surface area contributed by atoms with Gasteiger partial charge < -0.3 is 16.0 Å². The minimum absolute atomic E-state index is 0.254. The van der Waals surface area contributed by atoms with E-state index in [9.17, 15) is 13.6 Å². The Kier molecular flexibility index (Phi) is 7.95. The Hall–Kier alpha value is -1.69. The molecule has 6 heteroatoms. The summed E-state index contributed by atoms with van der Waals surface area (Å²) in [5.74, 6) is -1.17. The van der Waals surface area contributed by atoms with Gasteiger partial charge in [-0.15, -0.1) is 0 Å². The maximum absolute atomic E-state index is 13.4. The van der Waals surface area contributed by atoms with Crippen LogP contribution in [0.25, 0.3) is 0 Å². The summed E-state index contributed by atoms with van der Waals surface area (Å²) in [5, 5.41) is 9.00. The smallest absolute Gasteiger partial charge is 0.314 e. The van der Waals surface area contributed by atoms with Gasteiger partial charge in [0.25, 0.3) is 0 Å². The molecule has 1 aliphatic rings. The predicted molar refractivity (Wildman–Crippen MR) is 91.0 cm³/mol. The second kappa shape index (κ2) is 10.2. The average Bonchev–Trinajstić information content (AvgIpc) is 2.57. The van der Waals surface area contributed by atoms with Gasteiger partial charge in [0, 0.05) is 25.2 Å². The van der Waals surface area contributed by atoms with E-state index in [1.165, 1.54) is 44.2 Å². The highest BCUT2D eigenvalue weighted by Gasteiger charge is 2.11. The Balaban J connectivity index is 1.50. The third kappa shape index (κ3) is 6.83. The van der Waals surface area contributed by atoms with Crippen LogP contribution in [0.3, 0.4) is 0 Å². The number of nitrogens with one attached hydrogen (secondary N) is 3. The van der Waals surface area contributed by atoms with Gasteiger partial charge in [-0.3, -0.25) is 0 Å². The Bertz CT molecular complexity index is 519. The van der Waals surface area contributed by atoms with Gasteiger partial charge in [0.1, 0.15) is 11.6 Å². The van der Waals surface area contributed by atoms with Crippen molar-refractivity contribution in [2.45, 2.75) is 51.0 Å². The van der Waals surface area contributed by atoms with E-state index in [1.807, 2.05) is 0 Å². The summed E-state index contributed by atoms with van der Waals surface area (Å²) in [4.78, 5) is 11.6. The normalized spacial score (nSPS) is 15.2. The van der Waals surface area contributed by atoms with E-state index in [-0.39, 0.29) is 6.03 Å². The molecule has 0 saturated heterocycles. The van der Waals surface area contributed by atoms with Crippen molar-refractivity contribution in [1.29, 1.82) is 0 Å². The predicted octanol–water partition coefficient (Wildman–Crippen LogP) is 3.12. The van der Waals surface area contributed by atoms with Gasteiger partial charge in [-0.2, -0.15) is 0 Å². The first-order valence-corrected chi connectivity index (χ1v) is 8.84. The zero-order valence-corrected chi connectivity index (χ0v) is 14.0. The average molecular weight is 339 g/mol. The summed E-state index contributed by atoms with van der Waals surface area (Å²) in [5.41, 5.74) is 0.397. The molecular weight excluding hydrogens is 312 g/mol. The van der Waals surface area contributed by atoms with Crippen LogP contribution < -0.4 is 16.0 Å².